The van der Waals surface area contributed by atoms with Crippen molar-refractivity contribution in [2.24, 2.45) is 0 Å². The molecular formula is C12H24O3. The van der Waals surface area contributed by atoms with E-state index < -0.39 is 0 Å². The molecule has 0 saturated heterocycles. The first-order chi connectivity index (χ1) is 7.31. The van der Waals surface area contributed by atoms with Crippen molar-refractivity contribution in [2.45, 2.75) is 52.4 Å². The lowest BCUT2D eigenvalue weighted by molar-refractivity contribution is -0.144. The fourth-order valence-electron chi connectivity index (χ4n) is 1.26. The van der Waals surface area contributed by atoms with E-state index in [1.165, 1.54) is 19.3 Å². The third-order valence-electron chi connectivity index (χ3n) is 2.17. The van der Waals surface area contributed by atoms with Crippen molar-refractivity contribution < 1.29 is 14.3 Å². The predicted octanol–water partition coefficient (Wildman–Crippen LogP) is 2.93. The smallest absolute Gasteiger partial charge is 0.308 e. The first kappa shape index (κ1) is 14.4. The van der Waals surface area contributed by atoms with E-state index >= 15 is 0 Å². The molecular weight excluding hydrogens is 192 g/mol. The van der Waals surface area contributed by atoms with Crippen LogP contribution >= 0.6 is 0 Å². The highest BCUT2D eigenvalue weighted by Gasteiger charge is 2.01. The Morgan fingerprint density at radius 2 is 1.73 bits per heavy atom. The van der Waals surface area contributed by atoms with Crippen molar-refractivity contribution >= 4 is 5.97 Å². The van der Waals surface area contributed by atoms with E-state index in [4.69, 9.17) is 9.47 Å². The third kappa shape index (κ3) is 11.4. The molecule has 0 aromatic rings. The van der Waals surface area contributed by atoms with Crippen LogP contribution in [0.2, 0.25) is 0 Å². The molecule has 0 radical (unpaired) electrons. The number of carbonyl (C=O) groups excluding carboxylic acids is 1. The molecule has 0 aliphatic heterocycles. The minimum absolute atomic E-state index is 0.140. The Labute approximate surface area is 93.1 Å². The molecule has 0 amide bonds. The van der Waals surface area contributed by atoms with Crippen molar-refractivity contribution in [3.05, 3.63) is 0 Å². The van der Waals surface area contributed by atoms with E-state index in [1.54, 1.807) is 0 Å². The molecule has 0 rings (SSSR count). The van der Waals surface area contributed by atoms with Gasteiger partial charge in [-0.3, -0.25) is 4.79 Å². The van der Waals surface area contributed by atoms with Gasteiger partial charge in [0.2, 0.25) is 0 Å². The summed E-state index contributed by atoms with van der Waals surface area (Å²) < 4.78 is 10.1. The molecule has 3 heteroatoms. The number of rotatable bonds is 10. The lowest BCUT2D eigenvalue weighted by atomic mass is 10.2. The van der Waals surface area contributed by atoms with Crippen LogP contribution in [0.3, 0.4) is 0 Å². The maximum absolute atomic E-state index is 11.1. The number of unbranched alkanes of at least 4 members (excludes halogenated alkanes) is 4. The van der Waals surface area contributed by atoms with Gasteiger partial charge in [0.1, 0.15) is 0 Å². The zero-order chi connectivity index (χ0) is 11.4. The van der Waals surface area contributed by atoms with Crippen molar-refractivity contribution in [1.82, 2.24) is 0 Å². The monoisotopic (exact) mass is 216 g/mol. The van der Waals surface area contributed by atoms with Gasteiger partial charge in [0, 0.05) is 6.61 Å². The molecule has 0 saturated carbocycles. The Hall–Kier alpha value is -0.570. The van der Waals surface area contributed by atoms with Crippen molar-refractivity contribution in [2.75, 3.05) is 19.8 Å². The highest BCUT2D eigenvalue weighted by atomic mass is 16.5. The van der Waals surface area contributed by atoms with E-state index in [9.17, 15) is 4.79 Å². The molecule has 0 unspecified atom stereocenters. The minimum atomic E-state index is -0.140. The van der Waals surface area contributed by atoms with Gasteiger partial charge < -0.3 is 9.47 Å². The summed E-state index contributed by atoms with van der Waals surface area (Å²) in [4.78, 5) is 11.1. The maximum Gasteiger partial charge on any atom is 0.308 e. The summed E-state index contributed by atoms with van der Waals surface area (Å²) in [5.41, 5.74) is 0. The summed E-state index contributed by atoms with van der Waals surface area (Å²) in [7, 11) is 0. The highest BCUT2D eigenvalue weighted by Crippen LogP contribution is 2.02. The summed E-state index contributed by atoms with van der Waals surface area (Å²) in [6.07, 6.45) is 6.29. The van der Waals surface area contributed by atoms with Gasteiger partial charge in [-0.1, -0.05) is 32.6 Å². The SMILES string of the molecule is CCCCCCCOC(=O)CCOCC. The molecule has 0 heterocycles. The van der Waals surface area contributed by atoms with Crippen molar-refractivity contribution in [3.63, 3.8) is 0 Å². The van der Waals surface area contributed by atoms with E-state index in [0.717, 1.165) is 12.8 Å². The fraction of sp³-hybridized carbons (Fsp3) is 0.917. The number of ether oxygens (including phenoxy) is 2. The third-order valence-corrected chi connectivity index (χ3v) is 2.17. The van der Waals surface area contributed by atoms with Crippen LogP contribution in [0.5, 0.6) is 0 Å². The van der Waals surface area contributed by atoms with Crippen LogP contribution in [0.1, 0.15) is 52.4 Å². The molecule has 0 aliphatic carbocycles. The van der Waals surface area contributed by atoms with Gasteiger partial charge in [0.05, 0.1) is 19.6 Å². The average molecular weight is 216 g/mol. The molecule has 0 aliphatic rings. The molecule has 0 N–H and O–H groups in total. The largest absolute Gasteiger partial charge is 0.466 e. The number of carbonyl (C=O) groups is 1. The van der Waals surface area contributed by atoms with Gasteiger partial charge in [0.15, 0.2) is 0 Å². The molecule has 0 spiro atoms. The quantitative estimate of drug-likeness (QED) is 0.416. The molecule has 0 atom stereocenters. The van der Waals surface area contributed by atoms with Crippen LogP contribution in [-0.4, -0.2) is 25.8 Å². The van der Waals surface area contributed by atoms with Gasteiger partial charge >= 0.3 is 5.97 Å². The summed E-state index contributed by atoms with van der Waals surface area (Å²) >= 11 is 0. The van der Waals surface area contributed by atoms with Crippen LogP contribution in [0.4, 0.5) is 0 Å². The first-order valence-corrected chi connectivity index (χ1v) is 6.04. The molecule has 3 nitrogen and oxygen atoms in total. The van der Waals surface area contributed by atoms with Gasteiger partial charge in [-0.25, -0.2) is 0 Å². The lowest BCUT2D eigenvalue weighted by Crippen LogP contribution is -2.09. The van der Waals surface area contributed by atoms with Gasteiger partial charge in [-0.2, -0.15) is 0 Å². The molecule has 0 aromatic heterocycles. The van der Waals surface area contributed by atoms with Crippen LogP contribution in [0.15, 0.2) is 0 Å². The second-order valence-corrected chi connectivity index (χ2v) is 3.58. The highest BCUT2D eigenvalue weighted by molar-refractivity contribution is 5.69. The van der Waals surface area contributed by atoms with Crippen molar-refractivity contribution in [3.8, 4) is 0 Å². The standard InChI is InChI=1S/C12H24O3/c1-3-5-6-7-8-10-15-12(13)9-11-14-4-2/h3-11H2,1-2H3. The average Bonchev–Trinajstić information content (AvgIpc) is 2.23. The maximum atomic E-state index is 11.1. The first-order valence-electron chi connectivity index (χ1n) is 6.04. The fourth-order valence-corrected chi connectivity index (χ4v) is 1.26. The van der Waals surface area contributed by atoms with Crippen LogP contribution in [-0.2, 0) is 14.3 Å². The summed E-state index contributed by atoms with van der Waals surface area (Å²) in [5.74, 6) is -0.140. The summed E-state index contributed by atoms with van der Waals surface area (Å²) in [5, 5.41) is 0. The Balaban J connectivity index is 3.10. The minimum Gasteiger partial charge on any atom is -0.466 e. The molecule has 15 heavy (non-hydrogen) atoms. The zero-order valence-electron chi connectivity index (χ0n) is 10.1. The Morgan fingerprint density at radius 3 is 2.40 bits per heavy atom. The topological polar surface area (TPSA) is 35.5 Å². The second kappa shape index (κ2) is 11.5. The van der Waals surface area contributed by atoms with Crippen LogP contribution in [0, 0.1) is 0 Å². The van der Waals surface area contributed by atoms with E-state index in [-0.39, 0.29) is 5.97 Å². The zero-order valence-corrected chi connectivity index (χ0v) is 10.1. The van der Waals surface area contributed by atoms with Crippen LogP contribution in [0.25, 0.3) is 0 Å². The number of hydrogen-bond acceptors (Lipinski definition) is 3. The molecule has 0 bridgehead atoms. The van der Waals surface area contributed by atoms with Gasteiger partial charge in [0.25, 0.3) is 0 Å². The normalized spacial score (nSPS) is 10.3. The van der Waals surface area contributed by atoms with Crippen LogP contribution < -0.4 is 0 Å². The Kier molecular flexibility index (Phi) is 11.1. The number of esters is 1. The number of hydrogen-bond donors (Lipinski definition) is 0. The molecule has 90 valence electrons. The second-order valence-electron chi connectivity index (χ2n) is 3.58. The van der Waals surface area contributed by atoms with E-state index in [2.05, 4.69) is 6.92 Å². The Morgan fingerprint density at radius 1 is 1.00 bits per heavy atom. The van der Waals surface area contributed by atoms with Crippen molar-refractivity contribution in [1.29, 1.82) is 0 Å². The lowest BCUT2D eigenvalue weighted by Gasteiger charge is -2.04. The summed E-state index contributed by atoms with van der Waals surface area (Å²) in [6.45, 7) is 5.80. The van der Waals surface area contributed by atoms with Gasteiger partial charge in [-0.05, 0) is 13.3 Å². The molecule has 0 aromatic carbocycles. The Bertz CT molecular complexity index is 146. The van der Waals surface area contributed by atoms with E-state index in [0.29, 0.717) is 26.2 Å². The van der Waals surface area contributed by atoms with Gasteiger partial charge in [-0.15, -0.1) is 0 Å². The van der Waals surface area contributed by atoms with E-state index in [1.807, 2.05) is 6.92 Å². The molecule has 0 fully saturated rings. The predicted molar refractivity (Wildman–Crippen MR) is 60.8 cm³/mol. The summed E-state index contributed by atoms with van der Waals surface area (Å²) in [6, 6.07) is 0.